The largest absolute Gasteiger partial charge is 0.496 e. The summed E-state index contributed by atoms with van der Waals surface area (Å²) in [5.41, 5.74) is 0.121. The van der Waals surface area contributed by atoms with E-state index in [0.717, 1.165) is 0 Å². The first kappa shape index (κ1) is 21.2. The number of halogens is 5. The SMILES string of the molecule is COc1ccc(F)cc1C(C)(C)CC(Cc1ccc(F)c(C)c1)C(F)(F)F. The Hall–Kier alpha value is -2.11. The van der Waals surface area contributed by atoms with E-state index < -0.39 is 29.1 Å². The minimum Gasteiger partial charge on any atom is -0.496 e. The summed E-state index contributed by atoms with van der Waals surface area (Å²) in [6.07, 6.45) is -4.97. The molecule has 0 spiro atoms. The second-order valence-corrected chi connectivity index (χ2v) is 7.46. The van der Waals surface area contributed by atoms with Crippen LogP contribution < -0.4 is 4.74 Å². The maximum atomic E-state index is 13.7. The quantitative estimate of drug-likeness (QED) is 0.524. The molecule has 0 aromatic heterocycles. The highest BCUT2D eigenvalue weighted by Gasteiger charge is 2.43. The average Bonchev–Trinajstić information content (AvgIpc) is 2.56. The van der Waals surface area contributed by atoms with E-state index in [1.807, 2.05) is 0 Å². The smallest absolute Gasteiger partial charge is 0.392 e. The number of rotatable bonds is 6. The van der Waals surface area contributed by atoms with Crippen molar-refractivity contribution in [1.29, 1.82) is 0 Å². The molecule has 0 aliphatic rings. The fourth-order valence-corrected chi connectivity index (χ4v) is 3.36. The zero-order chi connectivity index (χ0) is 20.4. The van der Waals surface area contributed by atoms with Crippen LogP contribution in [-0.4, -0.2) is 13.3 Å². The summed E-state index contributed by atoms with van der Waals surface area (Å²) in [5, 5.41) is 0. The lowest BCUT2D eigenvalue weighted by molar-refractivity contribution is -0.179. The fraction of sp³-hybridized carbons (Fsp3) is 0.429. The van der Waals surface area contributed by atoms with Gasteiger partial charge >= 0.3 is 6.18 Å². The van der Waals surface area contributed by atoms with Crippen molar-refractivity contribution < 1.29 is 26.7 Å². The van der Waals surface area contributed by atoms with Gasteiger partial charge in [0.25, 0.3) is 0 Å². The summed E-state index contributed by atoms with van der Waals surface area (Å²) in [5.74, 6) is -2.30. The van der Waals surface area contributed by atoms with Crippen LogP contribution in [0.1, 0.15) is 37.0 Å². The van der Waals surface area contributed by atoms with Crippen molar-refractivity contribution in [3.63, 3.8) is 0 Å². The maximum Gasteiger partial charge on any atom is 0.392 e. The number of hydrogen-bond donors (Lipinski definition) is 0. The lowest BCUT2D eigenvalue weighted by Gasteiger charge is -2.32. The monoisotopic (exact) mass is 386 g/mol. The Balaban J connectivity index is 2.35. The van der Waals surface area contributed by atoms with E-state index in [9.17, 15) is 22.0 Å². The zero-order valence-electron chi connectivity index (χ0n) is 15.8. The fourth-order valence-electron chi connectivity index (χ4n) is 3.36. The van der Waals surface area contributed by atoms with E-state index in [2.05, 4.69) is 0 Å². The van der Waals surface area contributed by atoms with Crippen molar-refractivity contribution >= 4 is 0 Å². The van der Waals surface area contributed by atoms with Crippen LogP contribution in [0, 0.1) is 24.5 Å². The van der Waals surface area contributed by atoms with Gasteiger partial charge in [0, 0.05) is 5.56 Å². The number of aryl methyl sites for hydroxylation is 1. The highest BCUT2D eigenvalue weighted by atomic mass is 19.4. The molecule has 0 saturated heterocycles. The molecule has 1 atom stereocenters. The minimum absolute atomic E-state index is 0.257. The molecule has 148 valence electrons. The van der Waals surface area contributed by atoms with Crippen molar-refractivity contribution in [1.82, 2.24) is 0 Å². The molecule has 0 N–H and O–H groups in total. The molecule has 2 rings (SSSR count). The van der Waals surface area contributed by atoms with Crippen LogP contribution in [0.3, 0.4) is 0 Å². The first-order valence-electron chi connectivity index (χ1n) is 8.60. The van der Waals surface area contributed by atoms with Crippen LogP contribution in [0.25, 0.3) is 0 Å². The van der Waals surface area contributed by atoms with Gasteiger partial charge in [-0.1, -0.05) is 26.0 Å². The van der Waals surface area contributed by atoms with Gasteiger partial charge in [-0.05, 0) is 60.6 Å². The van der Waals surface area contributed by atoms with E-state index in [0.29, 0.717) is 22.4 Å². The first-order chi connectivity index (χ1) is 12.4. The average molecular weight is 386 g/mol. The third-order valence-corrected chi connectivity index (χ3v) is 4.81. The molecule has 1 nitrogen and oxygen atoms in total. The Morgan fingerprint density at radius 1 is 1.00 bits per heavy atom. The number of hydrogen-bond acceptors (Lipinski definition) is 1. The van der Waals surface area contributed by atoms with Gasteiger partial charge in [-0.2, -0.15) is 13.2 Å². The van der Waals surface area contributed by atoms with Crippen LogP contribution in [0.5, 0.6) is 5.75 Å². The Labute approximate surface area is 156 Å². The van der Waals surface area contributed by atoms with Crippen molar-refractivity contribution in [3.8, 4) is 5.75 Å². The third kappa shape index (κ3) is 5.21. The van der Waals surface area contributed by atoms with Gasteiger partial charge < -0.3 is 4.74 Å². The summed E-state index contributed by atoms with van der Waals surface area (Å²) in [4.78, 5) is 0. The molecule has 27 heavy (non-hydrogen) atoms. The van der Waals surface area contributed by atoms with Gasteiger partial charge in [0.1, 0.15) is 17.4 Å². The summed E-state index contributed by atoms with van der Waals surface area (Å²) >= 11 is 0. The number of benzene rings is 2. The molecule has 0 aliphatic heterocycles. The van der Waals surface area contributed by atoms with Crippen LogP contribution in [0.15, 0.2) is 36.4 Å². The molecular formula is C21H23F5O. The molecule has 1 unspecified atom stereocenters. The predicted molar refractivity (Wildman–Crippen MR) is 95.0 cm³/mol. The van der Waals surface area contributed by atoms with E-state index in [1.165, 1.54) is 50.4 Å². The zero-order valence-corrected chi connectivity index (χ0v) is 15.8. The van der Waals surface area contributed by atoms with Crippen molar-refractivity contribution in [2.75, 3.05) is 7.11 Å². The summed E-state index contributed by atoms with van der Waals surface area (Å²) in [6, 6.07) is 7.83. The number of ether oxygens (including phenoxy) is 1. The molecule has 0 fully saturated rings. The first-order valence-corrected chi connectivity index (χ1v) is 8.60. The highest BCUT2D eigenvalue weighted by Crippen LogP contribution is 2.42. The van der Waals surface area contributed by atoms with E-state index in [-0.39, 0.29) is 12.8 Å². The molecule has 0 saturated carbocycles. The lowest BCUT2D eigenvalue weighted by Crippen LogP contribution is -2.32. The normalized spacial score (nSPS) is 13.5. The summed E-state index contributed by atoms with van der Waals surface area (Å²) in [6.45, 7) is 4.79. The van der Waals surface area contributed by atoms with Gasteiger partial charge in [-0.3, -0.25) is 0 Å². The number of alkyl halides is 3. The Kier molecular flexibility index (Phi) is 6.17. The van der Waals surface area contributed by atoms with Gasteiger partial charge in [0.05, 0.1) is 13.0 Å². The van der Waals surface area contributed by atoms with Crippen molar-refractivity contribution in [3.05, 3.63) is 64.7 Å². The van der Waals surface area contributed by atoms with Gasteiger partial charge in [-0.15, -0.1) is 0 Å². The van der Waals surface area contributed by atoms with E-state index in [4.69, 9.17) is 4.74 Å². The van der Waals surface area contributed by atoms with Gasteiger partial charge in [-0.25, -0.2) is 8.78 Å². The van der Waals surface area contributed by atoms with E-state index in [1.54, 1.807) is 13.8 Å². The molecule has 0 amide bonds. The Bertz CT molecular complexity index is 796. The van der Waals surface area contributed by atoms with Gasteiger partial charge in [0.15, 0.2) is 0 Å². The predicted octanol–water partition coefficient (Wildman–Crippen LogP) is 6.37. The molecule has 2 aromatic carbocycles. The minimum atomic E-state index is -4.44. The van der Waals surface area contributed by atoms with Crippen molar-refractivity contribution in [2.45, 2.75) is 45.2 Å². The Morgan fingerprint density at radius 3 is 2.22 bits per heavy atom. The van der Waals surface area contributed by atoms with Crippen LogP contribution in [0.2, 0.25) is 0 Å². The van der Waals surface area contributed by atoms with E-state index >= 15 is 0 Å². The second kappa shape index (κ2) is 7.87. The molecule has 0 radical (unpaired) electrons. The Morgan fingerprint density at radius 2 is 1.67 bits per heavy atom. The second-order valence-electron chi connectivity index (χ2n) is 7.46. The summed E-state index contributed by atoms with van der Waals surface area (Å²) in [7, 11) is 1.40. The van der Waals surface area contributed by atoms with Crippen LogP contribution in [-0.2, 0) is 11.8 Å². The topological polar surface area (TPSA) is 9.23 Å². The van der Waals surface area contributed by atoms with Crippen LogP contribution >= 0.6 is 0 Å². The third-order valence-electron chi connectivity index (χ3n) is 4.81. The van der Waals surface area contributed by atoms with Crippen molar-refractivity contribution in [2.24, 2.45) is 5.92 Å². The number of methoxy groups -OCH3 is 1. The summed E-state index contributed by atoms with van der Waals surface area (Å²) < 4.78 is 73.5. The highest BCUT2D eigenvalue weighted by molar-refractivity contribution is 5.39. The molecule has 6 heteroatoms. The molecule has 0 bridgehead atoms. The lowest BCUT2D eigenvalue weighted by atomic mass is 9.75. The molecule has 0 aliphatic carbocycles. The van der Waals surface area contributed by atoms with Gasteiger partial charge in [0.2, 0.25) is 0 Å². The standard InChI is InChI=1S/C21H23F5O/c1-13-9-14(5-7-18(13)23)10-15(21(24,25)26)12-20(2,3)17-11-16(22)6-8-19(17)27-4/h5-9,11,15H,10,12H2,1-4H3. The molecular weight excluding hydrogens is 363 g/mol. The van der Waals surface area contributed by atoms with Crippen LogP contribution in [0.4, 0.5) is 22.0 Å². The maximum absolute atomic E-state index is 13.7. The molecule has 0 heterocycles. The molecule has 2 aromatic rings.